The maximum Gasteiger partial charge on any atom is 0.0329 e. The number of benzene rings is 2. The van der Waals surface area contributed by atoms with Crippen LogP contribution in [0.5, 0.6) is 0 Å². The first-order valence-electron chi connectivity index (χ1n) is 7.32. The third-order valence-corrected chi connectivity index (χ3v) is 4.88. The first-order chi connectivity index (χ1) is 9.74. The normalized spacial score (nSPS) is 22.1. The van der Waals surface area contributed by atoms with Crippen LogP contribution in [-0.4, -0.2) is 0 Å². The van der Waals surface area contributed by atoms with Crippen LogP contribution in [-0.2, 0) is 12.8 Å². The fourth-order valence-corrected chi connectivity index (χ4v) is 3.49. The second-order valence-electron chi connectivity index (χ2n) is 5.71. The maximum absolute atomic E-state index is 6.56. The average Bonchev–Trinajstić information content (AvgIpc) is 2.62. The van der Waals surface area contributed by atoms with Crippen LogP contribution in [0.1, 0.15) is 35.6 Å². The number of aryl methyl sites for hydroxylation is 1. The molecule has 0 spiro atoms. The van der Waals surface area contributed by atoms with Gasteiger partial charge in [0.25, 0.3) is 0 Å². The Morgan fingerprint density at radius 1 is 1.05 bits per heavy atom. The molecule has 2 aromatic carbocycles. The van der Waals surface area contributed by atoms with Crippen LogP contribution in [0.25, 0.3) is 0 Å². The Morgan fingerprint density at radius 3 is 2.60 bits per heavy atom. The van der Waals surface area contributed by atoms with E-state index in [0.29, 0.717) is 5.92 Å². The molecule has 1 aliphatic rings. The van der Waals surface area contributed by atoms with Gasteiger partial charge in [0.05, 0.1) is 0 Å². The van der Waals surface area contributed by atoms with Crippen LogP contribution in [0, 0.1) is 5.92 Å². The van der Waals surface area contributed by atoms with Gasteiger partial charge in [0, 0.05) is 10.5 Å². The van der Waals surface area contributed by atoms with Crippen LogP contribution >= 0.6 is 15.9 Å². The van der Waals surface area contributed by atoms with Gasteiger partial charge in [-0.3, -0.25) is 0 Å². The predicted molar refractivity (Wildman–Crippen MR) is 87.6 cm³/mol. The van der Waals surface area contributed by atoms with Gasteiger partial charge in [-0.15, -0.1) is 0 Å². The van der Waals surface area contributed by atoms with Crippen molar-refractivity contribution in [3.05, 3.63) is 69.7 Å². The monoisotopic (exact) mass is 329 g/mol. The first kappa shape index (κ1) is 13.8. The summed E-state index contributed by atoms with van der Waals surface area (Å²) in [5.74, 6) is 0.542. The smallest absolute Gasteiger partial charge is 0.0329 e. The summed E-state index contributed by atoms with van der Waals surface area (Å²) in [6.07, 6.45) is 4.70. The summed E-state index contributed by atoms with van der Waals surface area (Å²) in [5, 5.41) is 0. The van der Waals surface area contributed by atoms with E-state index in [1.165, 1.54) is 36.0 Å². The molecule has 1 aliphatic carbocycles. The second-order valence-corrected chi connectivity index (χ2v) is 6.62. The van der Waals surface area contributed by atoms with Gasteiger partial charge in [0.2, 0.25) is 0 Å². The number of hydrogen-bond acceptors (Lipinski definition) is 1. The van der Waals surface area contributed by atoms with Crippen LogP contribution in [0.4, 0.5) is 0 Å². The molecule has 0 fully saturated rings. The van der Waals surface area contributed by atoms with E-state index >= 15 is 0 Å². The van der Waals surface area contributed by atoms with Gasteiger partial charge < -0.3 is 5.73 Å². The molecule has 20 heavy (non-hydrogen) atoms. The Hall–Kier alpha value is -1.12. The lowest BCUT2D eigenvalue weighted by molar-refractivity contribution is 0.402. The molecule has 0 aliphatic heterocycles. The molecule has 0 aromatic heterocycles. The fraction of sp³-hybridized carbons (Fsp3) is 0.333. The van der Waals surface area contributed by atoms with Crippen molar-refractivity contribution < 1.29 is 0 Å². The molecule has 104 valence electrons. The minimum atomic E-state index is 0.164. The number of halogens is 1. The number of nitrogens with two attached hydrogens (primary N) is 1. The molecule has 2 aromatic rings. The highest BCUT2D eigenvalue weighted by Gasteiger charge is 2.24. The highest BCUT2D eigenvalue weighted by atomic mass is 79.9. The van der Waals surface area contributed by atoms with Crippen molar-refractivity contribution in [2.75, 3.05) is 0 Å². The van der Waals surface area contributed by atoms with Crippen molar-refractivity contribution in [1.82, 2.24) is 0 Å². The van der Waals surface area contributed by atoms with E-state index in [0.717, 1.165) is 10.9 Å². The lowest BCUT2D eigenvalue weighted by Crippen LogP contribution is -2.22. The molecular weight excluding hydrogens is 310 g/mol. The topological polar surface area (TPSA) is 26.0 Å². The molecule has 1 nitrogen and oxygen atoms in total. The summed E-state index contributed by atoms with van der Waals surface area (Å²) in [6, 6.07) is 17.5. The summed E-state index contributed by atoms with van der Waals surface area (Å²) in [7, 11) is 0. The summed E-state index contributed by atoms with van der Waals surface area (Å²) in [5.41, 5.74) is 10.7. The second kappa shape index (κ2) is 6.11. The summed E-state index contributed by atoms with van der Waals surface area (Å²) in [6.45, 7) is 0. The van der Waals surface area contributed by atoms with E-state index in [2.05, 4.69) is 64.5 Å². The van der Waals surface area contributed by atoms with Gasteiger partial charge in [0.1, 0.15) is 0 Å². The van der Waals surface area contributed by atoms with Gasteiger partial charge >= 0.3 is 0 Å². The van der Waals surface area contributed by atoms with Crippen molar-refractivity contribution in [3.63, 3.8) is 0 Å². The minimum Gasteiger partial charge on any atom is -0.324 e. The third-order valence-electron chi connectivity index (χ3n) is 4.35. The molecule has 0 heterocycles. The Bertz CT molecular complexity index is 576. The van der Waals surface area contributed by atoms with Gasteiger partial charge in [0.15, 0.2) is 0 Å². The number of rotatable bonds is 2. The Kier molecular flexibility index (Phi) is 4.23. The lowest BCUT2D eigenvalue weighted by atomic mass is 9.86. The summed E-state index contributed by atoms with van der Waals surface area (Å²) < 4.78 is 1.14. The van der Waals surface area contributed by atoms with Crippen LogP contribution < -0.4 is 5.73 Å². The van der Waals surface area contributed by atoms with E-state index in [9.17, 15) is 0 Å². The Balaban J connectivity index is 1.82. The van der Waals surface area contributed by atoms with E-state index < -0.39 is 0 Å². The van der Waals surface area contributed by atoms with Gasteiger partial charge in [-0.2, -0.15) is 0 Å². The molecule has 2 N–H and O–H groups in total. The molecular formula is C18H20BrN. The molecule has 2 unspecified atom stereocenters. The van der Waals surface area contributed by atoms with E-state index in [4.69, 9.17) is 5.73 Å². The lowest BCUT2D eigenvalue weighted by Gasteiger charge is -2.23. The Labute approximate surface area is 129 Å². The fourth-order valence-electron chi connectivity index (χ4n) is 3.23. The average molecular weight is 330 g/mol. The van der Waals surface area contributed by atoms with Crippen LogP contribution in [0.2, 0.25) is 0 Å². The highest BCUT2D eigenvalue weighted by molar-refractivity contribution is 9.10. The van der Waals surface area contributed by atoms with E-state index in [-0.39, 0.29) is 6.04 Å². The zero-order chi connectivity index (χ0) is 13.9. The molecule has 2 heteroatoms. The van der Waals surface area contributed by atoms with Gasteiger partial charge in [-0.05, 0) is 60.4 Å². The van der Waals surface area contributed by atoms with E-state index in [1.54, 1.807) is 0 Å². The van der Waals surface area contributed by atoms with Crippen molar-refractivity contribution in [3.8, 4) is 0 Å². The first-order valence-corrected chi connectivity index (χ1v) is 8.11. The van der Waals surface area contributed by atoms with Crippen LogP contribution in [0.3, 0.4) is 0 Å². The minimum absolute atomic E-state index is 0.164. The SMILES string of the molecule is NC1c2ccccc2CCCC1Cc1ccc(Br)cc1. The van der Waals surface area contributed by atoms with Crippen LogP contribution in [0.15, 0.2) is 53.0 Å². The molecule has 0 bridgehead atoms. The van der Waals surface area contributed by atoms with Crippen molar-refractivity contribution in [1.29, 1.82) is 0 Å². The molecule has 0 saturated heterocycles. The predicted octanol–water partition coefficient (Wildman–Crippen LogP) is 4.64. The van der Waals surface area contributed by atoms with Gasteiger partial charge in [-0.1, -0.05) is 52.3 Å². The molecule has 3 rings (SSSR count). The number of hydrogen-bond donors (Lipinski definition) is 1. The quantitative estimate of drug-likeness (QED) is 0.798. The summed E-state index contributed by atoms with van der Waals surface area (Å²) >= 11 is 3.49. The molecule has 0 saturated carbocycles. The largest absolute Gasteiger partial charge is 0.324 e. The molecule has 0 radical (unpaired) electrons. The van der Waals surface area contributed by atoms with Crippen molar-refractivity contribution >= 4 is 15.9 Å². The zero-order valence-electron chi connectivity index (χ0n) is 11.6. The van der Waals surface area contributed by atoms with E-state index in [1.807, 2.05) is 0 Å². The third kappa shape index (κ3) is 2.97. The maximum atomic E-state index is 6.56. The standard InChI is InChI=1S/C18H20BrN/c19-16-10-8-13(9-11-16)12-15-6-3-5-14-4-1-2-7-17(14)18(15)20/h1-2,4,7-11,15,18H,3,5-6,12,20H2. The van der Waals surface area contributed by atoms with Crippen molar-refractivity contribution in [2.45, 2.75) is 31.7 Å². The van der Waals surface area contributed by atoms with Gasteiger partial charge in [-0.25, -0.2) is 0 Å². The number of fused-ring (bicyclic) bond motifs is 1. The molecule has 0 amide bonds. The Morgan fingerprint density at radius 2 is 1.80 bits per heavy atom. The molecule has 2 atom stereocenters. The highest BCUT2D eigenvalue weighted by Crippen LogP contribution is 2.33. The summed E-state index contributed by atoms with van der Waals surface area (Å²) in [4.78, 5) is 0. The van der Waals surface area contributed by atoms with Crippen molar-refractivity contribution in [2.24, 2.45) is 11.7 Å². The zero-order valence-corrected chi connectivity index (χ0v) is 13.1.